The van der Waals surface area contributed by atoms with E-state index in [4.69, 9.17) is 0 Å². The average Bonchev–Trinajstić information content (AvgIpc) is 3.11. The number of carbonyl (C=O) groups excluding carboxylic acids is 1. The number of aryl methyl sites for hydroxylation is 2. The lowest BCUT2D eigenvalue weighted by molar-refractivity contribution is 0.214. The molecule has 0 spiro atoms. The SMILES string of the molecule is Cc1ccc(C2SCCN2C(=O)Nc2cccc3ccccc23)c(C)c1. The summed E-state index contributed by atoms with van der Waals surface area (Å²) >= 11 is 1.83. The number of anilines is 1. The molecule has 0 aromatic heterocycles. The molecule has 1 heterocycles. The maximum absolute atomic E-state index is 13.0. The van der Waals surface area contributed by atoms with Gasteiger partial charge < -0.3 is 10.2 Å². The zero-order valence-electron chi connectivity index (χ0n) is 15.0. The van der Waals surface area contributed by atoms with E-state index < -0.39 is 0 Å². The van der Waals surface area contributed by atoms with Crippen LogP contribution in [0, 0.1) is 13.8 Å². The van der Waals surface area contributed by atoms with Gasteiger partial charge in [-0.1, -0.05) is 60.2 Å². The standard InChI is InChI=1S/C22H22N2OS/c1-15-10-11-18(16(2)14-15)21-24(12-13-26-21)22(25)23-20-9-5-7-17-6-3-4-8-19(17)20/h3-11,14,21H,12-13H2,1-2H3,(H,23,25). The predicted octanol–water partition coefficient (Wildman–Crippen LogP) is 5.74. The summed E-state index contributed by atoms with van der Waals surface area (Å²) in [6.45, 7) is 4.99. The first-order chi connectivity index (χ1) is 12.6. The molecule has 1 aliphatic heterocycles. The molecular formula is C22H22N2OS. The topological polar surface area (TPSA) is 32.3 Å². The van der Waals surface area contributed by atoms with Crippen molar-refractivity contribution in [3.8, 4) is 0 Å². The summed E-state index contributed by atoms with van der Waals surface area (Å²) in [7, 11) is 0. The van der Waals surface area contributed by atoms with Crippen molar-refractivity contribution in [3.63, 3.8) is 0 Å². The molecule has 1 aliphatic rings. The molecule has 0 radical (unpaired) electrons. The maximum atomic E-state index is 13.0. The molecule has 0 aliphatic carbocycles. The minimum absolute atomic E-state index is 0.0312. The Balaban J connectivity index is 1.61. The van der Waals surface area contributed by atoms with Gasteiger partial charge in [0, 0.05) is 17.7 Å². The Morgan fingerprint density at radius 1 is 1.08 bits per heavy atom. The molecule has 0 bridgehead atoms. The molecular weight excluding hydrogens is 340 g/mol. The van der Waals surface area contributed by atoms with Crippen molar-refractivity contribution in [1.82, 2.24) is 4.90 Å². The number of urea groups is 1. The van der Waals surface area contributed by atoms with Crippen LogP contribution in [0.4, 0.5) is 10.5 Å². The second kappa shape index (κ2) is 7.04. The fraction of sp³-hybridized carbons (Fsp3) is 0.227. The summed E-state index contributed by atoms with van der Waals surface area (Å²) in [5.41, 5.74) is 4.59. The van der Waals surface area contributed by atoms with Crippen LogP contribution in [0.15, 0.2) is 60.7 Å². The summed E-state index contributed by atoms with van der Waals surface area (Å²) in [4.78, 5) is 15.0. The van der Waals surface area contributed by atoms with Crippen molar-refractivity contribution in [2.45, 2.75) is 19.2 Å². The van der Waals surface area contributed by atoms with E-state index in [0.29, 0.717) is 0 Å². The largest absolute Gasteiger partial charge is 0.323 e. The molecule has 3 nitrogen and oxygen atoms in total. The van der Waals surface area contributed by atoms with Gasteiger partial charge in [0.15, 0.2) is 0 Å². The zero-order valence-corrected chi connectivity index (χ0v) is 15.8. The Morgan fingerprint density at radius 2 is 1.88 bits per heavy atom. The Hall–Kier alpha value is -2.46. The number of hydrogen-bond donors (Lipinski definition) is 1. The Morgan fingerprint density at radius 3 is 2.73 bits per heavy atom. The smallest absolute Gasteiger partial charge is 0.308 e. The third-order valence-corrected chi connectivity index (χ3v) is 6.12. The first-order valence-corrected chi connectivity index (χ1v) is 9.92. The minimum Gasteiger partial charge on any atom is -0.308 e. The molecule has 1 saturated heterocycles. The predicted molar refractivity (Wildman–Crippen MR) is 111 cm³/mol. The Labute approximate surface area is 158 Å². The second-order valence-corrected chi connectivity index (χ2v) is 7.92. The minimum atomic E-state index is -0.0312. The van der Waals surface area contributed by atoms with Crippen molar-refractivity contribution in [2.75, 3.05) is 17.6 Å². The molecule has 3 aromatic carbocycles. The first-order valence-electron chi connectivity index (χ1n) is 8.87. The number of thioether (sulfide) groups is 1. The van der Waals surface area contributed by atoms with Crippen molar-refractivity contribution in [2.24, 2.45) is 0 Å². The summed E-state index contributed by atoms with van der Waals surface area (Å²) in [6.07, 6.45) is 0. The highest BCUT2D eigenvalue weighted by atomic mass is 32.2. The van der Waals surface area contributed by atoms with E-state index >= 15 is 0 Å². The van der Waals surface area contributed by atoms with E-state index in [1.165, 1.54) is 16.7 Å². The van der Waals surface area contributed by atoms with Crippen LogP contribution in [-0.4, -0.2) is 23.2 Å². The lowest BCUT2D eigenvalue weighted by Gasteiger charge is -2.26. The average molecular weight is 362 g/mol. The van der Waals surface area contributed by atoms with Crippen molar-refractivity contribution >= 4 is 34.3 Å². The van der Waals surface area contributed by atoms with Gasteiger partial charge >= 0.3 is 6.03 Å². The molecule has 4 rings (SSSR count). The number of carbonyl (C=O) groups is 1. The zero-order chi connectivity index (χ0) is 18.1. The van der Waals surface area contributed by atoms with E-state index in [2.05, 4.69) is 49.5 Å². The summed E-state index contributed by atoms with van der Waals surface area (Å²) in [5, 5.41) is 5.41. The highest BCUT2D eigenvalue weighted by molar-refractivity contribution is 7.99. The molecule has 4 heteroatoms. The Bertz CT molecular complexity index is 964. The van der Waals surface area contributed by atoms with Crippen LogP contribution in [0.3, 0.4) is 0 Å². The van der Waals surface area contributed by atoms with Crippen LogP contribution < -0.4 is 5.32 Å². The lowest BCUT2D eigenvalue weighted by Crippen LogP contribution is -2.34. The number of rotatable bonds is 2. The van der Waals surface area contributed by atoms with E-state index in [0.717, 1.165) is 28.8 Å². The molecule has 3 aromatic rings. The van der Waals surface area contributed by atoms with Crippen LogP contribution in [0.25, 0.3) is 10.8 Å². The fourth-order valence-corrected chi connectivity index (χ4v) is 4.91. The molecule has 0 saturated carbocycles. The monoisotopic (exact) mass is 362 g/mol. The van der Waals surface area contributed by atoms with Gasteiger partial charge in [-0.15, -0.1) is 11.8 Å². The van der Waals surface area contributed by atoms with Gasteiger partial charge in [-0.3, -0.25) is 0 Å². The summed E-state index contributed by atoms with van der Waals surface area (Å²) < 4.78 is 0. The van der Waals surface area contributed by atoms with Crippen molar-refractivity contribution in [3.05, 3.63) is 77.4 Å². The van der Waals surface area contributed by atoms with Gasteiger partial charge in [0.1, 0.15) is 5.37 Å². The van der Waals surface area contributed by atoms with Crippen molar-refractivity contribution in [1.29, 1.82) is 0 Å². The van der Waals surface area contributed by atoms with Crippen LogP contribution in [-0.2, 0) is 0 Å². The number of benzene rings is 3. The second-order valence-electron chi connectivity index (χ2n) is 6.73. The van der Waals surface area contributed by atoms with Gasteiger partial charge in [0.05, 0.1) is 5.69 Å². The van der Waals surface area contributed by atoms with E-state index in [9.17, 15) is 4.79 Å². The van der Waals surface area contributed by atoms with Gasteiger partial charge in [-0.05, 0) is 36.4 Å². The molecule has 1 N–H and O–H groups in total. The fourth-order valence-electron chi connectivity index (χ4n) is 3.56. The number of nitrogens with zero attached hydrogens (tertiary/aromatic N) is 1. The molecule has 1 fully saturated rings. The van der Waals surface area contributed by atoms with E-state index in [1.54, 1.807) is 0 Å². The van der Waals surface area contributed by atoms with Crippen LogP contribution >= 0.6 is 11.8 Å². The van der Waals surface area contributed by atoms with Crippen LogP contribution in [0.2, 0.25) is 0 Å². The maximum Gasteiger partial charge on any atom is 0.323 e. The van der Waals surface area contributed by atoms with Crippen molar-refractivity contribution < 1.29 is 4.79 Å². The number of nitrogens with one attached hydrogen (secondary N) is 1. The molecule has 132 valence electrons. The normalized spacial score (nSPS) is 16.8. The quantitative estimate of drug-likeness (QED) is 0.631. The lowest BCUT2D eigenvalue weighted by atomic mass is 10.1. The third-order valence-electron chi connectivity index (χ3n) is 4.87. The highest BCUT2D eigenvalue weighted by Crippen LogP contribution is 2.40. The van der Waals surface area contributed by atoms with Crippen LogP contribution in [0.5, 0.6) is 0 Å². The summed E-state index contributed by atoms with van der Waals surface area (Å²) in [6, 6.07) is 20.6. The third kappa shape index (κ3) is 3.17. The molecule has 1 atom stereocenters. The van der Waals surface area contributed by atoms with Crippen LogP contribution in [0.1, 0.15) is 22.1 Å². The molecule has 26 heavy (non-hydrogen) atoms. The number of hydrogen-bond acceptors (Lipinski definition) is 2. The van der Waals surface area contributed by atoms with Gasteiger partial charge in [0.25, 0.3) is 0 Å². The Kier molecular flexibility index (Phi) is 4.60. The van der Waals surface area contributed by atoms with E-state index in [-0.39, 0.29) is 11.4 Å². The number of amides is 2. The molecule has 1 unspecified atom stereocenters. The van der Waals surface area contributed by atoms with Gasteiger partial charge in [-0.25, -0.2) is 4.79 Å². The summed E-state index contributed by atoms with van der Waals surface area (Å²) in [5.74, 6) is 0.959. The van der Waals surface area contributed by atoms with Gasteiger partial charge in [0.2, 0.25) is 0 Å². The van der Waals surface area contributed by atoms with Gasteiger partial charge in [-0.2, -0.15) is 0 Å². The number of fused-ring (bicyclic) bond motifs is 1. The highest BCUT2D eigenvalue weighted by Gasteiger charge is 2.31. The first kappa shape index (κ1) is 17.0. The molecule has 2 amide bonds. The van der Waals surface area contributed by atoms with E-state index in [1.807, 2.05) is 47.0 Å².